The number of primary amides is 1. The third-order valence-corrected chi connectivity index (χ3v) is 5.70. The molecule has 2 aliphatic rings. The summed E-state index contributed by atoms with van der Waals surface area (Å²) < 4.78 is 8.02. The molecule has 0 saturated carbocycles. The Balaban J connectivity index is 1.71. The first-order valence-corrected chi connectivity index (χ1v) is 9.81. The number of rotatable bonds is 4. The highest BCUT2D eigenvalue weighted by molar-refractivity contribution is 5.99. The third kappa shape index (κ3) is 3.58. The number of carbonyl (C=O) groups is 1. The number of anilines is 1. The van der Waals surface area contributed by atoms with E-state index >= 15 is 0 Å². The van der Waals surface area contributed by atoms with Gasteiger partial charge < -0.3 is 19.9 Å². The maximum Gasteiger partial charge on any atom is 0.250 e. The number of aromatic nitrogens is 2. The van der Waals surface area contributed by atoms with Gasteiger partial charge >= 0.3 is 0 Å². The Kier molecular flexibility index (Phi) is 4.68. The van der Waals surface area contributed by atoms with Gasteiger partial charge in [-0.3, -0.25) is 4.79 Å². The molecule has 1 amide bonds. The summed E-state index contributed by atoms with van der Waals surface area (Å²) >= 11 is 0. The summed E-state index contributed by atoms with van der Waals surface area (Å²) in [6.07, 6.45) is 8.08. The Hall–Kier alpha value is -2.34. The van der Waals surface area contributed by atoms with Crippen molar-refractivity contribution >= 4 is 11.6 Å². The van der Waals surface area contributed by atoms with Crippen molar-refractivity contribution < 1.29 is 9.53 Å². The van der Waals surface area contributed by atoms with Crippen LogP contribution < -0.4 is 10.6 Å². The van der Waals surface area contributed by atoms with Crippen molar-refractivity contribution in [1.29, 1.82) is 0 Å². The van der Waals surface area contributed by atoms with Crippen LogP contribution in [-0.2, 0) is 4.74 Å². The van der Waals surface area contributed by atoms with Crippen LogP contribution in [0.2, 0.25) is 0 Å². The molecule has 3 heterocycles. The standard InChI is InChI=1S/C21H28N4O2/c1-21(2)14-15(7-12-27-21)20-23-8-11-25(20)16-5-6-17(19(22)26)18(13-16)24-9-3-4-10-24/h5-6,8,11,13,15H,3-4,7,9-10,12,14H2,1-2H3,(H2,22,26)/t15-/m1/s1. The number of ether oxygens (including phenoxy) is 1. The van der Waals surface area contributed by atoms with E-state index in [0.717, 1.165) is 62.6 Å². The number of hydrogen-bond donors (Lipinski definition) is 1. The van der Waals surface area contributed by atoms with Crippen LogP contribution in [0.25, 0.3) is 5.69 Å². The Labute approximate surface area is 160 Å². The number of nitrogens with zero attached hydrogens (tertiary/aromatic N) is 3. The van der Waals surface area contributed by atoms with Gasteiger partial charge in [-0.2, -0.15) is 0 Å². The Bertz CT molecular complexity index is 836. The molecule has 2 saturated heterocycles. The van der Waals surface area contributed by atoms with Gasteiger partial charge in [0.05, 0.1) is 16.9 Å². The average molecular weight is 368 g/mol. The van der Waals surface area contributed by atoms with Crippen LogP contribution in [0.1, 0.15) is 61.6 Å². The van der Waals surface area contributed by atoms with E-state index in [1.165, 1.54) is 0 Å². The molecule has 2 N–H and O–H groups in total. The summed E-state index contributed by atoms with van der Waals surface area (Å²) in [5.74, 6) is 1.04. The van der Waals surface area contributed by atoms with E-state index in [0.29, 0.717) is 11.5 Å². The van der Waals surface area contributed by atoms with E-state index in [9.17, 15) is 4.79 Å². The molecule has 4 rings (SSSR count). The maximum absolute atomic E-state index is 11.9. The fourth-order valence-corrected chi connectivity index (χ4v) is 4.39. The summed E-state index contributed by atoms with van der Waals surface area (Å²) in [5.41, 5.74) is 8.05. The molecule has 0 spiro atoms. The highest BCUT2D eigenvalue weighted by atomic mass is 16.5. The van der Waals surface area contributed by atoms with Crippen molar-refractivity contribution in [3.05, 3.63) is 42.0 Å². The molecule has 6 nitrogen and oxygen atoms in total. The second kappa shape index (κ2) is 7.00. The van der Waals surface area contributed by atoms with E-state index in [1.807, 2.05) is 24.5 Å². The van der Waals surface area contributed by atoms with Crippen LogP contribution in [-0.4, -0.2) is 40.8 Å². The first-order chi connectivity index (χ1) is 12.9. The topological polar surface area (TPSA) is 73.4 Å². The number of nitrogens with two attached hydrogens (primary N) is 1. The maximum atomic E-state index is 11.9. The van der Waals surface area contributed by atoms with Gasteiger partial charge in [-0.1, -0.05) is 0 Å². The van der Waals surface area contributed by atoms with Crippen molar-refractivity contribution in [2.75, 3.05) is 24.6 Å². The van der Waals surface area contributed by atoms with E-state index in [1.54, 1.807) is 0 Å². The lowest BCUT2D eigenvalue weighted by molar-refractivity contribution is -0.0604. The summed E-state index contributed by atoms with van der Waals surface area (Å²) in [5, 5.41) is 0. The average Bonchev–Trinajstić information content (AvgIpc) is 3.32. The SMILES string of the molecule is CC1(C)C[C@H](c2nccn2-c2ccc(C(N)=O)c(N3CCCC3)c2)CCO1. The van der Waals surface area contributed by atoms with Gasteiger partial charge in [-0.25, -0.2) is 4.98 Å². The van der Waals surface area contributed by atoms with Crippen LogP contribution in [0.15, 0.2) is 30.6 Å². The summed E-state index contributed by atoms with van der Waals surface area (Å²) in [6, 6.07) is 5.90. The fraction of sp³-hybridized carbons (Fsp3) is 0.524. The lowest BCUT2D eigenvalue weighted by Crippen LogP contribution is -2.33. The zero-order valence-corrected chi connectivity index (χ0v) is 16.1. The lowest BCUT2D eigenvalue weighted by atomic mass is 9.87. The monoisotopic (exact) mass is 368 g/mol. The predicted molar refractivity (Wildman–Crippen MR) is 106 cm³/mol. The normalized spacial score (nSPS) is 22.1. The zero-order chi connectivity index (χ0) is 19.0. The van der Waals surface area contributed by atoms with Crippen LogP contribution in [0, 0.1) is 0 Å². The minimum atomic E-state index is -0.375. The summed E-state index contributed by atoms with van der Waals surface area (Å²) in [6.45, 7) is 6.96. The first-order valence-electron chi connectivity index (χ1n) is 9.81. The van der Waals surface area contributed by atoms with Crippen molar-refractivity contribution in [1.82, 2.24) is 9.55 Å². The van der Waals surface area contributed by atoms with Crippen molar-refractivity contribution in [3.63, 3.8) is 0 Å². The number of imidazole rings is 1. The Morgan fingerprint density at radius 3 is 2.78 bits per heavy atom. The quantitative estimate of drug-likeness (QED) is 0.899. The molecule has 0 aliphatic carbocycles. The molecular formula is C21H28N4O2. The van der Waals surface area contributed by atoms with E-state index in [4.69, 9.17) is 10.5 Å². The highest BCUT2D eigenvalue weighted by Crippen LogP contribution is 2.36. The zero-order valence-electron chi connectivity index (χ0n) is 16.1. The number of benzene rings is 1. The predicted octanol–water partition coefficient (Wildman–Crippen LogP) is 3.24. The van der Waals surface area contributed by atoms with Gasteiger partial charge in [0.15, 0.2) is 0 Å². The number of amides is 1. The number of hydrogen-bond acceptors (Lipinski definition) is 4. The molecule has 144 valence electrons. The minimum absolute atomic E-state index is 0.129. The molecule has 2 fully saturated rings. The smallest absolute Gasteiger partial charge is 0.250 e. The molecule has 0 bridgehead atoms. The van der Waals surface area contributed by atoms with Gasteiger partial charge in [0.2, 0.25) is 0 Å². The minimum Gasteiger partial charge on any atom is -0.376 e. The Morgan fingerprint density at radius 2 is 2.07 bits per heavy atom. The molecule has 0 unspecified atom stereocenters. The fourth-order valence-electron chi connectivity index (χ4n) is 4.39. The Morgan fingerprint density at radius 1 is 1.30 bits per heavy atom. The van der Waals surface area contributed by atoms with Crippen LogP contribution in [0.5, 0.6) is 0 Å². The van der Waals surface area contributed by atoms with Gasteiger partial charge in [-0.05, 0) is 57.7 Å². The largest absolute Gasteiger partial charge is 0.376 e. The molecule has 2 aromatic rings. The van der Waals surface area contributed by atoms with Crippen molar-refractivity contribution in [2.45, 2.75) is 51.0 Å². The van der Waals surface area contributed by atoms with E-state index in [-0.39, 0.29) is 11.5 Å². The second-order valence-electron chi connectivity index (χ2n) is 8.21. The summed E-state index contributed by atoms with van der Waals surface area (Å²) in [4.78, 5) is 18.9. The van der Waals surface area contributed by atoms with Crippen LogP contribution >= 0.6 is 0 Å². The highest BCUT2D eigenvalue weighted by Gasteiger charge is 2.32. The molecule has 27 heavy (non-hydrogen) atoms. The molecule has 1 atom stereocenters. The lowest BCUT2D eigenvalue weighted by Gasteiger charge is -2.35. The third-order valence-electron chi connectivity index (χ3n) is 5.70. The molecule has 1 aromatic carbocycles. The van der Waals surface area contributed by atoms with Gasteiger partial charge in [0, 0.05) is 43.7 Å². The molecule has 0 radical (unpaired) electrons. The van der Waals surface area contributed by atoms with Gasteiger partial charge in [-0.15, -0.1) is 0 Å². The van der Waals surface area contributed by atoms with Crippen molar-refractivity contribution in [3.8, 4) is 5.69 Å². The molecule has 1 aromatic heterocycles. The molecule has 6 heteroatoms. The number of carbonyl (C=O) groups excluding carboxylic acids is 1. The van der Waals surface area contributed by atoms with Gasteiger partial charge in [0.1, 0.15) is 5.82 Å². The van der Waals surface area contributed by atoms with Gasteiger partial charge in [0.25, 0.3) is 5.91 Å². The first kappa shape index (κ1) is 18.0. The van der Waals surface area contributed by atoms with Crippen LogP contribution in [0.3, 0.4) is 0 Å². The van der Waals surface area contributed by atoms with E-state index < -0.39 is 0 Å². The molecular weight excluding hydrogens is 340 g/mol. The van der Waals surface area contributed by atoms with Crippen LogP contribution in [0.4, 0.5) is 5.69 Å². The van der Waals surface area contributed by atoms with E-state index in [2.05, 4.69) is 34.4 Å². The van der Waals surface area contributed by atoms with Crippen molar-refractivity contribution in [2.24, 2.45) is 5.73 Å². The summed E-state index contributed by atoms with van der Waals surface area (Å²) in [7, 11) is 0. The second-order valence-corrected chi connectivity index (χ2v) is 8.21. The molecule has 2 aliphatic heterocycles.